The number of nitrogens with one attached hydrogen (secondary N) is 1. The van der Waals surface area contributed by atoms with E-state index in [9.17, 15) is 14.9 Å². The molecule has 1 amide bonds. The van der Waals surface area contributed by atoms with Crippen molar-refractivity contribution in [3.05, 3.63) is 57.5 Å². The maximum atomic E-state index is 12.6. The zero-order chi connectivity index (χ0) is 16.4. The van der Waals surface area contributed by atoms with Crippen LogP contribution in [0, 0.1) is 10.1 Å². The molecule has 2 aromatic rings. The summed E-state index contributed by atoms with van der Waals surface area (Å²) in [7, 11) is 0. The van der Waals surface area contributed by atoms with Crippen molar-refractivity contribution in [2.75, 3.05) is 6.26 Å². The van der Waals surface area contributed by atoms with Gasteiger partial charge < -0.3 is 9.73 Å². The molecule has 1 aromatic heterocycles. The number of furan rings is 1. The minimum atomic E-state index is -0.525. The molecule has 0 bridgehead atoms. The first-order valence-corrected chi connectivity index (χ1v) is 8.52. The van der Waals surface area contributed by atoms with Gasteiger partial charge in [0.05, 0.1) is 17.2 Å². The van der Waals surface area contributed by atoms with Crippen molar-refractivity contribution in [1.29, 1.82) is 0 Å². The third-order valence-corrected chi connectivity index (χ3v) is 4.73. The highest BCUT2D eigenvalue weighted by Gasteiger charge is 2.27. The SMILES string of the molecule is CSc1ccc([N+](=O)[O-])c(C(=O)NC2CCCc3occc32)c1. The molecule has 1 aliphatic carbocycles. The Morgan fingerprint density at radius 3 is 3.00 bits per heavy atom. The molecule has 1 N–H and O–H groups in total. The van der Waals surface area contributed by atoms with Crippen LogP contribution in [-0.2, 0) is 6.42 Å². The van der Waals surface area contributed by atoms with Crippen molar-refractivity contribution in [1.82, 2.24) is 5.32 Å². The maximum absolute atomic E-state index is 12.6. The number of fused-ring (bicyclic) bond motifs is 1. The van der Waals surface area contributed by atoms with E-state index in [1.54, 1.807) is 18.4 Å². The lowest BCUT2D eigenvalue weighted by molar-refractivity contribution is -0.385. The molecule has 1 unspecified atom stereocenters. The fraction of sp³-hybridized carbons (Fsp3) is 0.312. The molecule has 7 heteroatoms. The Kier molecular flexibility index (Phi) is 4.38. The first-order chi connectivity index (χ1) is 11.1. The molecule has 1 aromatic carbocycles. The van der Waals surface area contributed by atoms with E-state index in [0.29, 0.717) is 0 Å². The molecule has 0 radical (unpaired) electrons. The second-order valence-electron chi connectivity index (χ2n) is 5.36. The molecule has 1 atom stereocenters. The Balaban J connectivity index is 1.88. The normalized spacial score (nSPS) is 16.7. The van der Waals surface area contributed by atoms with E-state index in [0.717, 1.165) is 35.5 Å². The molecular weight excluding hydrogens is 316 g/mol. The molecule has 0 aliphatic heterocycles. The van der Waals surface area contributed by atoms with Crippen LogP contribution >= 0.6 is 11.8 Å². The number of thioether (sulfide) groups is 1. The lowest BCUT2D eigenvalue weighted by Crippen LogP contribution is -2.31. The molecule has 120 valence electrons. The summed E-state index contributed by atoms with van der Waals surface area (Å²) in [5, 5.41) is 14.1. The predicted octanol–water partition coefficient (Wildman–Crippen LogP) is 3.72. The second-order valence-corrected chi connectivity index (χ2v) is 6.24. The zero-order valence-electron chi connectivity index (χ0n) is 12.6. The van der Waals surface area contributed by atoms with E-state index in [-0.39, 0.29) is 17.3 Å². The molecule has 0 fully saturated rings. The molecule has 23 heavy (non-hydrogen) atoms. The Labute approximate surface area is 137 Å². The van der Waals surface area contributed by atoms with Gasteiger partial charge in [0.25, 0.3) is 11.6 Å². The number of aryl methyl sites for hydroxylation is 1. The van der Waals surface area contributed by atoms with Crippen LogP contribution in [0.5, 0.6) is 0 Å². The van der Waals surface area contributed by atoms with Crippen LogP contribution in [0.2, 0.25) is 0 Å². The van der Waals surface area contributed by atoms with E-state index in [4.69, 9.17) is 4.42 Å². The number of benzene rings is 1. The summed E-state index contributed by atoms with van der Waals surface area (Å²) in [6, 6.07) is 6.28. The summed E-state index contributed by atoms with van der Waals surface area (Å²) in [4.78, 5) is 24.1. The maximum Gasteiger partial charge on any atom is 0.282 e. The predicted molar refractivity (Wildman–Crippen MR) is 86.7 cm³/mol. The van der Waals surface area contributed by atoms with Crippen LogP contribution in [0.25, 0.3) is 0 Å². The van der Waals surface area contributed by atoms with Crippen LogP contribution in [0.3, 0.4) is 0 Å². The van der Waals surface area contributed by atoms with E-state index in [1.807, 2.05) is 12.3 Å². The number of amides is 1. The van der Waals surface area contributed by atoms with E-state index >= 15 is 0 Å². The van der Waals surface area contributed by atoms with Gasteiger partial charge in [-0.1, -0.05) is 0 Å². The van der Waals surface area contributed by atoms with Gasteiger partial charge in [0.1, 0.15) is 11.3 Å². The van der Waals surface area contributed by atoms with Gasteiger partial charge in [-0.3, -0.25) is 14.9 Å². The van der Waals surface area contributed by atoms with Gasteiger partial charge in [-0.25, -0.2) is 0 Å². The summed E-state index contributed by atoms with van der Waals surface area (Å²) in [6.07, 6.45) is 6.05. The number of hydrogen-bond acceptors (Lipinski definition) is 5. The number of nitro benzene ring substituents is 1. The van der Waals surface area contributed by atoms with Crippen LogP contribution in [0.4, 0.5) is 5.69 Å². The monoisotopic (exact) mass is 332 g/mol. The van der Waals surface area contributed by atoms with Crippen LogP contribution < -0.4 is 5.32 Å². The minimum absolute atomic E-state index is 0.0949. The van der Waals surface area contributed by atoms with Crippen LogP contribution in [-0.4, -0.2) is 17.1 Å². The van der Waals surface area contributed by atoms with Crippen LogP contribution in [0.15, 0.2) is 39.8 Å². The highest BCUT2D eigenvalue weighted by atomic mass is 32.2. The zero-order valence-corrected chi connectivity index (χ0v) is 13.4. The highest BCUT2D eigenvalue weighted by Crippen LogP contribution is 2.31. The number of rotatable bonds is 4. The first kappa shape index (κ1) is 15.6. The van der Waals surface area contributed by atoms with Crippen molar-refractivity contribution in [2.24, 2.45) is 0 Å². The fourth-order valence-electron chi connectivity index (χ4n) is 2.86. The van der Waals surface area contributed by atoms with Crippen LogP contribution in [0.1, 0.15) is 40.6 Å². The van der Waals surface area contributed by atoms with E-state index in [2.05, 4.69) is 5.32 Å². The first-order valence-electron chi connectivity index (χ1n) is 7.29. The molecule has 0 saturated carbocycles. The third kappa shape index (κ3) is 3.10. The average Bonchev–Trinajstić information content (AvgIpc) is 3.03. The Morgan fingerprint density at radius 2 is 2.26 bits per heavy atom. The second kappa shape index (κ2) is 6.45. The van der Waals surface area contributed by atoms with Crippen molar-refractivity contribution < 1.29 is 14.1 Å². The van der Waals surface area contributed by atoms with Gasteiger partial charge in [0.2, 0.25) is 0 Å². The molecule has 0 saturated heterocycles. The molecule has 1 aliphatic rings. The molecule has 0 spiro atoms. The van der Waals surface area contributed by atoms with Gasteiger partial charge in [0.15, 0.2) is 0 Å². The van der Waals surface area contributed by atoms with Gasteiger partial charge in [-0.2, -0.15) is 0 Å². The number of carbonyl (C=O) groups excluding carboxylic acids is 1. The van der Waals surface area contributed by atoms with Gasteiger partial charge in [-0.05, 0) is 37.3 Å². The largest absolute Gasteiger partial charge is 0.469 e. The quantitative estimate of drug-likeness (QED) is 0.524. The summed E-state index contributed by atoms with van der Waals surface area (Å²) < 4.78 is 5.41. The Hall–Kier alpha value is -2.28. The number of carbonyl (C=O) groups is 1. The fourth-order valence-corrected chi connectivity index (χ4v) is 3.30. The van der Waals surface area contributed by atoms with E-state index in [1.165, 1.54) is 17.8 Å². The smallest absolute Gasteiger partial charge is 0.282 e. The van der Waals surface area contributed by atoms with Gasteiger partial charge in [0, 0.05) is 22.9 Å². The molecule has 6 nitrogen and oxygen atoms in total. The molecule has 3 rings (SSSR count). The topological polar surface area (TPSA) is 85.4 Å². The molecule has 1 heterocycles. The molecular formula is C16H16N2O4S. The van der Waals surface area contributed by atoms with Crippen molar-refractivity contribution in [3.8, 4) is 0 Å². The summed E-state index contributed by atoms with van der Waals surface area (Å²) >= 11 is 1.44. The Bertz CT molecular complexity index is 756. The minimum Gasteiger partial charge on any atom is -0.469 e. The Morgan fingerprint density at radius 1 is 1.43 bits per heavy atom. The summed E-state index contributed by atoms with van der Waals surface area (Å²) in [5.74, 6) is 0.459. The summed E-state index contributed by atoms with van der Waals surface area (Å²) in [5.41, 5.74) is 0.884. The lowest BCUT2D eigenvalue weighted by Gasteiger charge is -2.22. The van der Waals surface area contributed by atoms with Crippen molar-refractivity contribution in [3.63, 3.8) is 0 Å². The third-order valence-electron chi connectivity index (χ3n) is 4.00. The van der Waals surface area contributed by atoms with E-state index < -0.39 is 10.8 Å². The number of hydrogen-bond donors (Lipinski definition) is 1. The van der Waals surface area contributed by atoms with Crippen molar-refractivity contribution >= 4 is 23.4 Å². The lowest BCUT2D eigenvalue weighted by atomic mass is 9.93. The standard InChI is InChI=1S/C16H16N2O4S/c1-23-10-5-6-14(18(20)21)12(9-10)16(19)17-13-3-2-4-15-11(13)7-8-22-15/h5-9,13H,2-4H2,1H3,(H,17,19). The number of nitro groups is 1. The number of nitrogens with zero attached hydrogens (tertiary/aromatic N) is 1. The van der Waals surface area contributed by atoms with Crippen molar-refractivity contribution in [2.45, 2.75) is 30.2 Å². The highest BCUT2D eigenvalue weighted by molar-refractivity contribution is 7.98. The average molecular weight is 332 g/mol. The summed E-state index contributed by atoms with van der Waals surface area (Å²) in [6.45, 7) is 0. The van der Waals surface area contributed by atoms with Gasteiger partial charge >= 0.3 is 0 Å². The van der Waals surface area contributed by atoms with Gasteiger partial charge in [-0.15, -0.1) is 11.8 Å².